The first-order chi connectivity index (χ1) is 10.1. The lowest BCUT2D eigenvalue weighted by Crippen LogP contribution is -2.31. The van der Waals surface area contributed by atoms with Crippen LogP contribution in [-0.4, -0.2) is 24.0 Å². The number of pyridine rings is 1. The van der Waals surface area contributed by atoms with Gasteiger partial charge in [0, 0.05) is 11.8 Å². The van der Waals surface area contributed by atoms with Gasteiger partial charge in [-0.2, -0.15) is 0 Å². The number of nitrogens with one attached hydrogen (secondary N) is 2. The molecule has 0 spiro atoms. The number of ether oxygens (including phenoxy) is 1. The third kappa shape index (κ3) is 4.17. The highest BCUT2D eigenvalue weighted by Crippen LogP contribution is 2.13. The largest absolute Gasteiger partial charge is 0.481 e. The molecule has 0 radical (unpaired) electrons. The molecule has 0 bridgehead atoms. The maximum atomic E-state index is 13.0. The summed E-state index contributed by atoms with van der Waals surface area (Å²) in [6.07, 6.45) is 1.57. The van der Waals surface area contributed by atoms with Crippen molar-refractivity contribution >= 4 is 17.3 Å². The monoisotopic (exact) mass is 289 g/mol. The Balaban J connectivity index is 1.95. The maximum absolute atomic E-state index is 13.0. The van der Waals surface area contributed by atoms with Crippen LogP contribution in [0.2, 0.25) is 0 Å². The van der Waals surface area contributed by atoms with E-state index in [0.717, 1.165) is 0 Å². The standard InChI is InChI=1S/C15H16FN3O2/c1-10(18-13-6-7-14(21-2)17-9-13)15(20)19-12-5-3-4-11(16)8-12/h3-10,18H,1-2H3,(H,19,20). The summed E-state index contributed by atoms with van der Waals surface area (Å²) in [6.45, 7) is 1.71. The zero-order chi connectivity index (χ0) is 15.2. The predicted octanol–water partition coefficient (Wildman–Crippen LogP) is 2.67. The van der Waals surface area contributed by atoms with Gasteiger partial charge in [0.15, 0.2) is 0 Å². The molecule has 1 atom stereocenters. The molecule has 2 rings (SSSR count). The van der Waals surface area contributed by atoms with Crippen molar-refractivity contribution in [3.63, 3.8) is 0 Å². The van der Waals surface area contributed by atoms with Gasteiger partial charge >= 0.3 is 0 Å². The van der Waals surface area contributed by atoms with E-state index in [1.807, 2.05) is 0 Å². The number of halogens is 1. The third-order valence-corrected chi connectivity index (χ3v) is 2.81. The lowest BCUT2D eigenvalue weighted by molar-refractivity contribution is -0.116. The van der Waals surface area contributed by atoms with Crippen molar-refractivity contribution in [1.82, 2.24) is 4.98 Å². The molecule has 0 aliphatic carbocycles. The SMILES string of the molecule is COc1ccc(NC(C)C(=O)Nc2cccc(F)c2)cn1. The maximum Gasteiger partial charge on any atom is 0.246 e. The van der Waals surface area contributed by atoms with E-state index in [9.17, 15) is 9.18 Å². The van der Waals surface area contributed by atoms with Crippen molar-refractivity contribution in [2.24, 2.45) is 0 Å². The normalized spacial score (nSPS) is 11.6. The van der Waals surface area contributed by atoms with E-state index in [0.29, 0.717) is 17.3 Å². The molecule has 0 aliphatic heterocycles. The fourth-order valence-corrected chi connectivity index (χ4v) is 1.72. The Morgan fingerprint density at radius 2 is 2.10 bits per heavy atom. The summed E-state index contributed by atoms with van der Waals surface area (Å²) < 4.78 is 18.0. The molecule has 2 N–H and O–H groups in total. The number of carbonyl (C=O) groups is 1. The molecule has 0 saturated heterocycles. The molecule has 1 aromatic carbocycles. The average Bonchev–Trinajstić information content (AvgIpc) is 2.48. The van der Waals surface area contributed by atoms with Crippen LogP contribution in [0.4, 0.5) is 15.8 Å². The van der Waals surface area contributed by atoms with Crippen molar-refractivity contribution < 1.29 is 13.9 Å². The number of nitrogens with zero attached hydrogens (tertiary/aromatic N) is 1. The van der Waals surface area contributed by atoms with Crippen molar-refractivity contribution in [3.8, 4) is 5.88 Å². The topological polar surface area (TPSA) is 63.2 Å². The molecular weight excluding hydrogens is 273 g/mol. The van der Waals surface area contributed by atoms with Gasteiger partial charge in [-0.05, 0) is 31.2 Å². The van der Waals surface area contributed by atoms with Gasteiger partial charge in [-0.3, -0.25) is 4.79 Å². The van der Waals surface area contributed by atoms with Gasteiger partial charge < -0.3 is 15.4 Å². The van der Waals surface area contributed by atoms with E-state index < -0.39 is 11.9 Å². The van der Waals surface area contributed by atoms with Crippen LogP contribution in [0.25, 0.3) is 0 Å². The molecule has 0 aliphatic rings. The van der Waals surface area contributed by atoms with Crippen LogP contribution in [0.5, 0.6) is 5.88 Å². The van der Waals surface area contributed by atoms with E-state index in [1.165, 1.54) is 25.3 Å². The molecule has 2 aromatic rings. The number of anilines is 2. The van der Waals surface area contributed by atoms with Crippen molar-refractivity contribution in [3.05, 3.63) is 48.4 Å². The summed E-state index contributed by atoms with van der Waals surface area (Å²) in [7, 11) is 1.53. The number of benzene rings is 1. The first-order valence-electron chi connectivity index (χ1n) is 6.41. The van der Waals surface area contributed by atoms with Crippen LogP contribution in [0.1, 0.15) is 6.92 Å². The molecule has 1 unspecified atom stereocenters. The summed E-state index contributed by atoms with van der Waals surface area (Å²) >= 11 is 0. The highest BCUT2D eigenvalue weighted by Gasteiger charge is 2.13. The van der Waals surface area contributed by atoms with Gasteiger partial charge in [-0.25, -0.2) is 9.37 Å². The Morgan fingerprint density at radius 3 is 2.71 bits per heavy atom. The van der Waals surface area contributed by atoms with Gasteiger partial charge in [0.2, 0.25) is 11.8 Å². The Hall–Kier alpha value is -2.63. The number of carbonyl (C=O) groups excluding carboxylic acids is 1. The summed E-state index contributed by atoms with van der Waals surface area (Å²) in [5.41, 5.74) is 1.11. The van der Waals surface area contributed by atoms with E-state index in [-0.39, 0.29) is 5.91 Å². The van der Waals surface area contributed by atoms with Gasteiger partial charge in [-0.15, -0.1) is 0 Å². The molecule has 5 nitrogen and oxygen atoms in total. The number of hydrogen-bond donors (Lipinski definition) is 2. The van der Waals surface area contributed by atoms with E-state index in [4.69, 9.17) is 4.74 Å². The number of aromatic nitrogens is 1. The summed E-state index contributed by atoms with van der Waals surface area (Å²) in [5, 5.41) is 5.64. The number of rotatable bonds is 5. The second-order valence-electron chi connectivity index (χ2n) is 4.45. The number of hydrogen-bond acceptors (Lipinski definition) is 4. The Labute approximate surface area is 122 Å². The molecule has 110 valence electrons. The molecule has 1 amide bonds. The second-order valence-corrected chi connectivity index (χ2v) is 4.45. The first-order valence-corrected chi connectivity index (χ1v) is 6.41. The van der Waals surface area contributed by atoms with Gasteiger partial charge in [-0.1, -0.05) is 6.07 Å². The summed E-state index contributed by atoms with van der Waals surface area (Å²) in [6, 6.07) is 8.71. The molecule has 1 aromatic heterocycles. The van der Waals surface area contributed by atoms with Crippen LogP contribution in [-0.2, 0) is 4.79 Å². The summed E-state index contributed by atoms with van der Waals surface area (Å²) in [5.74, 6) is -0.165. The van der Waals surface area contributed by atoms with Gasteiger partial charge in [0.25, 0.3) is 0 Å². The van der Waals surface area contributed by atoms with Gasteiger partial charge in [0.1, 0.15) is 11.9 Å². The molecular formula is C15H16FN3O2. The predicted molar refractivity (Wildman–Crippen MR) is 78.9 cm³/mol. The van der Waals surface area contributed by atoms with Crippen LogP contribution >= 0.6 is 0 Å². The smallest absolute Gasteiger partial charge is 0.246 e. The van der Waals surface area contributed by atoms with Crippen LogP contribution in [0, 0.1) is 5.82 Å². The van der Waals surface area contributed by atoms with Crippen LogP contribution in [0.15, 0.2) is 42.6 Å². The lowest BCUT2D eigenvalue weighted by Gasteiger charge is -2.15. The van der Waals surface area contributed by atoms with Crippen molar-refractivity contribution in [2.45, 2.75) is 13.0 Å². The first kappa shape index (κ1) is 14.8. The minimum atomic E-state index is -0.497. The number of amides is 1. The second kappa shape index (κ2) is 6.69. The molecule has 0 saturated carbocycles. The highest BCUT2D eigenvalue weighted by molar-refractivity contribution is 5.96. The third-order valence-electron chi connectivity index (χ3n) is 2.81. The van der Waals surface area contributed by atoms with Crippen molar-refractivity contribution in [2.75, 3.05) is 17.7 Å². The van der Waals surface area contributed by atoms with Crippen LogP contribution in [0.3, 0.4) is 0 Å². The molecule has 6 heteroatoms. The Bertz CT molecular complexity index is 617. The quantitative estimate of drug-likeness (QED) is 0.888. The zero-order valence-corrected chi connectivity index (χ0v) is 11.8. The van der Waals surface area contributed by atoms with Crippen molar-refractivity contribution in [1.29, 1.82) is 0 Å². The van der Waals surface area contributed by atoms with E-state index in [1.54, 1.807) is 31.3 Å². The summed E-state index contributed by atoms with van der Waals surface area (Å²) in [4.78, 5) is 16.0. The fraction of sp³-hybridized carbons (Fsp3) is 0.200. The molecule has 21 heavy (non-hydrogen) atoms. The Morgan fingerprint density at radius 1 is 1.29 bits per heavy atom. The lowest BCUT2D eigenvalue weighted by atomic mass is 10.2. The molecule has 1 heterocycles. The average molecular weight is 289 g/mol. The number of methoxy groups -OCH3 is 1. The highest BCUT2D eigenvalue weighted by atomic mass is 19.1. The zero-order valence-electron chi connectivity index (χ0n) is 11.8. The van der Waals surface area contributed by atoms with E-state index in [2.05, 4.69) is 15.6 Å². The minimum Gasteiger partial charge on any atom is -0.481 e. The van der Waals surface area contributed by atoms with E-state index >= 15 is 0 Å². The van der Waals surface area contributed by atoms with Gasteiger partial charge in [0.05, 0.1) is 19.0 Å². The minimum absolute atomic E-state index is 0.267. The molecule has 0 fully saturated rings. The fourth-order valence-electron chi connectivity index (χ4n) is 1.72. The van der Waals surface area contributed by atoms with Crippen LogP contribution < -0.4 is 15.4 Å². The Kier molecular flexibility index (Phi) is 4.71.